The zero-order valence-corrected chi connectivity index (χ0v) is 22.2. The van der Waals surface area contributed by atoms with Crippen LogP contribution in [-0.4, -0.2) is 51.9 Å². The molecule has 1 fully saturated rings. The fourth-order valence-electron chi connectivity index (χ4n) is 4.65. The van der Waals surface area contributed by atoms with E-state index in [0.717, 1.165) is 65.4 Å². The van der Waals surface area contributed by atoms with Crippen LogP contribution in [0.15, 0.2) is 46.7 Å². The molecule has 2 N–H and O–H groups in total. The van der Waals surface area contributed by atoms with Gasteiger partial charge in [0.15, 0.2) is 0 Å². The van der Waals surface area contributed by atoms with Gasteiger partial charge in [-0.2, -0.15) is 13.2 Å². The SMILES string of the molecule is Cc1cc(C)c(N2CCOCC2)c(C)c1NC(=O)C1SC=CC1NS(=O)(=O)c1cccc(C(F)(F)F)c1. The Bertz CT molecular complexity index is 1320. The Labute approximate surface area is 218 Å². The van der Waals surface area contributed by atoms with E-state index >= 15 is 0 Å². The summed E-state index contributed by atoms with van der Waals surface area (Å²) >= 11 is 1.14. The topological polar surface area (TPSA) is 87.7 Å². The third-order valence-electron chi connectivity index (χ3n) is 6.37. The highest BCUT2D eigenvalue weighted by molar-refractivity contribution is 8.03. The molecular formula is C25H28F3N3O4S2. The van der Waals surface area contributed by atoms with Gasteiger partial charge in [-0.05, 0) is 61.1 Å². The molecule has 2 aliphatic heterocycles. The summed E-state index contributed by atoms with van der Waals surface area (Å²) in [5, 5.41) is 3.74. The highest BCUT2D eigenvalue weighted by Crippen LogP contribution is 2.36. The number of hydrogen-bond acceptors (Lipinski definition) is 6. The van der Waals surface area contributed by atoms with Crippen LogP contribution in [0.25, 0.3) is 0 Å². The van der Waals surface area contributed by atoms with Gasteiger partial charge in [-0.25, -0.2) is 13.1 Å². The standard InChI is InChI=1S/C25H28F3N3O4S2/c1-15-13-16(2)22(31-8-10-35-11-9-31)17(3)21(15)29-24(32)23-20(7-12-36-23)30-37(33,34)19-6-4-5-18(14-19)25(26,27)28/h4-7,12-14,20,23,30H,8-11H2,1-3H3,(H,29,32). The number of morpholine rings is 1. The molecule has 2 unspecified atom stereocenters. The van der Waals surface area contributed by atoms with Gasteiger partial charge >= 0.3 is 6.18 Å². The molecule has 37 heavy (non-hydrogen) atoms. The van der Waals surface area contributed by atoms with E-state index < -0.39 is 43.9 Å². The lowest BCUT2D eigenvalue weighted by Gasteiger charge is -2.33. The molecule has 0 bridgehead atoms. The number of carbonyl (C=O) groups is 1. The first-order chi connectivity index (χ1) is 17.4. The number of thioether (sulfide) groups is 1. The molecule has 0 aliphatic carbocycles. The van der Waals surface area contributed by atoms with Crippen LogP contribution >= 0.6 is 11.8 Å². The van der Waals surface area contributed by atoms with E-state index in [2.05, 4.69) is 14.9 Å². The molecule has 0 saturated carbocycles. The van der Waals surface area contributed by atoms with Crippen LogP contribution in [-0.2, 0) is 25.7 Å². The number of rotatable bonds is 6. The third kappa shape index (κ3) is 5.97. The molecule has 4 rings (SSSR count). The summed E-state index contributed by atoms with van der Waals surface area (Å²) in [6.07, 6.45) is -3.16. The van der Waals surface area contributed by atoms with E-state index in [1.165, 1.54) is 6.08 Å². The average Bonchev–Trinajstić information content (AvgIpc) is 3.29. The predicted molar refractivity (Wildman–Crippen MR) is 138 cm³/mol. The van der Waals surface area contributed by atoms with Gasteiger partial charge in [0.2, 0.25) is 15.9 Å². The molecule has 1 amide bonds. The molecule has 2 aromatic rings. The third-order valence-corrected chi connectivity index (χ3v) is 8.94. The number of nitrogens with one attached hydrogen (secondary N) is 2. The lowest BCUT2D eigenvalue weighted by Crippen LogP contribution is -2.44. The number of aryl methyl sites for hydroxylation is 2. The molecule has 0 radical (unpaired) electrons. The quantitative estimate of drug-likeness (QED) is 0.550. The van der Waals surface area contributed by atoms with Gasteiger partial charge in [0.05, 0.1) is 29.7 Å². The highest BCUT2D eigenvalue weighted by atomic mass is 32.2. The maximum absolute atomic E-state index is 13.3. The molecule has 1 saturated heterocycles. The first kappa shape index (κ1) is 27.5. The van der Waals surface area contributed by atoms with Crippen molar-refractivity contribution in [2.45, 2.75) is 43.1 Å². The van der Waals surface area contributed by atoms with Gasteiger partial charge in [0, 0.05) is 24.5 Å². The summed E-state index contributed by atoms with van der Waals surface area (Å²) in [5.41, 5.74) is 3.48. The number of hydrogen-bond donors (Lipinski definition) is 2. The van der Waals surface area contributed by atoms with Crippen molar-refractivity contribution >= 4 is 39.1 Å². The summed E-state index contributed by atoms with van der Waals surface area (Å²) in [5.74, 6) is -0.408. The van der Waals surface area contributed by atoms with Gasteiger partial charge in [0.25, 0.3) is 0 Å². The van der Waals surface area contributed by atoms with Crippen LogP contribution < -0.4 is 14.9 Å². The zero-order valence-electron chi connectivity index (χ0n) is 20.6. The van der Waals surface area contributed by atoms with Crippen molar-refractivity contribution in [3.63, 3.8) is 0 Å². The number of nitrogens with zero attached hydrogens (tertiary/aromatic N) is 1. The second-order valence-corrected chi connectivity index (χ2v) is 11.8. The number of benzene rings is 2. The van der Waals surface area contributed by atoms with Gasteiger partial charge in [0.1, 0.15) is 5.25 Å². The van der Waals surface area contributed by atoms with Crippen molar-refractivity contribution in [2.75, 3.05) is 36.5 Å². The molecule has 0 spiro atoms. The van der Waals surface area contributed by atoms with E-state index in [-0.39, 0.29) is 0 Å². The molecule has 2 aromatic carbocycles. The summed E-state index contributed by atoms with van der Waals surface area (Å²) in [6, 6.07) is 4.57. The van der Waals surface area contributed by atoms with Crippen molar-refractivity contribution in [3.8, 4) is 0 Å². The van der Waals surface area contributed by atoms with Crippen LogP contribution in [0.3, 0.4) is 0 Å². The van der Waals surface area contributed by atoms with Crippen molar-refractivity contribution in [2.24, 2.45) is 0 Å². The lowest BCUT2D eigenvalue weighted by molar-refractivity contribution is -0.137. The number of anilines is 2. The van der Waals surface area contributed by atoms with Gasteiger partial charge < -0.3 is 15.0 Å². The van der Waals surface area contributed by atoms with Gasteiger partial charge in [-0.3, -0.25) is 4.79 Å². The van der Waals surface area contributed by atoms with Gasteiger partial charge in [-0.15, -0.1) is 11.8 Å². The minimum atomic E-state index is -4.68. The van der Waals surface area contributed by atoms with Crippen LogP contribution in [0.1, 0.15) is 22.3 Å². The number of sulfonamides is 1. The minimum absolute atomic E-state index is 0.408. The molecule has 2 atom stereocenters. The van der Waals surface area contributed by atoms with E-state index in [4.69, 9.17) is 4.74 Å². The Balaban J connectivity index is 1.54. The molecular weight excluding hydrogens is 527 g/mol. The number of halogens is 3. The number of amides is 1. The summed E-state index contributed by atoms with van der Waals surface area (Å²) in [7, 11) is -4.32. The fraction of sp³-hybridized carbons (Fsp3) is 0.400. The predicted octanol–water partition coefficient (Wildman–Crippen LogP) is 4.38. The summed E-state index contributed by atoms with van der Waals surface area (Å²) in [6.45, 7) is 8.56. The molecule has 2 aliphatic rings. The Morgan fingerprint density at radius 3 is 2.49 bits per heavy atom. The molecule has 200 valence electrons. The Hall–Kier alpha value is -2.54. The Morgan fingerprint density at radius 1 is 1.11 bits per heavy atom. The van der Waals surface area contributed by atoms with Crippen molar-refractivity contribution in [1.29, 1.82) is 0 Å². The summed E-state index contributed by atoms with van der Waals surface area (Å²) < 4.78 is 72.9. The maximum Gasteiger partial charge on any atom is 0.416 e. The van der Waals surface area contributed by atoms with E-state index in [9.17, 15) is 26.4 Å². The van der Waals surface area contributed by atoms with Crippen LogP contribution in [0, 0.1) is 20.8 Å². The highest BCUT2D eigenvalue weighted by Gasteiger charge is 2.36. The largest absolute Gasteiger partial charge is 0.416 e. The Morgan fingerprint density at radius 2 is 1.81 bits per heavy atom. The summed E-state index contributed by atoms with van der Waals surface area (Å²) in [4.78, 5) is 15.0. The normalized spacial score (nSPS) is 20.3. The Kier molecular flexibility index (Phi) is 7.93. The van der Waals surface area contributed by atoms with Crippen LogP contribution in [0.2, 0.25) is 0 Å². The maximum atomic E-state index is 13.3. The second-order valence-electron chi connectivity index (χ2n) is 9.01. The second kappa shape index (κ2) is 10.7. The molecule has 7 nitrogen and oxygen atoms in total. The molecule has 12 heteroatoms. The first-order valence-electron chi connectivity index (χ1n) is 11.6. The minimum Gasteiger partial charge on any atom is -0.378 e. The monoisotopic (exact) mass is 555 g/mol. The van der Waals surface area contributed by atoms with Crippen molar-refractivity contribution in [1.82, 2.24) is 4.72 Å². The smallest absolute Gasteiger partial charge is 0.378 e. The van der Waals surface area contributed by atoms with E-state index in [1.54, 1.807) is 5.41 Å². The van der Waals surface area contributed by atoms with Gasteiger partial charge in [-0.1, -0.05) is 18.2 Å². The molecule has 0 aromatic heterocycles. The fourth-order valence-corrected chi connectivity index (χ4v) is 6.92. The van der Waals surface area contributed by atoms with Crippen LogP contribution in [0.5, 0.6) is 0 Å². The number of ether oxygens (including phenoxy) is 1. The van der Waals surface area contributed by atoms with E-state index in [0.29, 0.717) is 25.0 Å². The lowest BCUT2D eigenvalue weighted by atomic mass is 10.00. The number of alkyl halides is 3. The van der Waals surface area contributed by atoms with E-state index in [1.807, 2.05) is 26.8 Å². The molecule has 2 heterocycles. The first-order valence-corrected chi connectivity index (χ1v) is 14.1. The van der Waals surface area contributed by atoms with Crippen LogP contribution in [0.4, 0.5) is 24.5 Å². The average molecular weight is 556 g/mol. The number of carbonyl (C=O) groups excluding carboxylic acids is 1. The van der Waals surface area contributed by atoms with Crippen molar-refractivity contribution in [3.05, 3.63) is 64.1 Å². The van der Waals surface area contributed by atoms with Crippen molar-refractivity contribution < 1.29 is 31.1 Å². The zero-order chi connectivity index (χ0) is 27.0.